The number of amides is 1. The van der Waals surface area contributed by atoms with E-state index in [2.05, 4.69) is 5.32 Å². The van der Waals surface area contributed by atoms with E-state index in [4.69, 9.17) is 0 Å². The van der Waals surface area contributed by atoms with Crippen LogP contribution in [0.5, 0.6) is 0 Å². The van der Waals surface area contributed by atoms with Gasteiger partial charge in [-0.3, -0.25) is 14.4 Å². The Morgan fingerprint density at radius 3 is 2.72 bits per heavy atom. The van der Waals surface area contributed by atoms with Crippen LogP contribution in [0.3, 0.4) is 0 Å². The molecule has 0 unspecified atom stereocenters. The summed E-state index contributed by atoms with van der Waals surface area (Å²) in [5, 5.41) is 3.17. The Labute approximate surface area is 143 Å². The van der Waals surface area contributed by atoms with Crippen molar-refractivity contribution < 1.29 is 18.8 Å². The molecule has 126 valence electrons. The van der Waals surface area contributed by atoms with E-state index in [0.717, 1.165) is 0 Å². The molecule has 1 amide bonds. The molecule has 5 nitrogen and oxygen atoms in total. The zero-order valence-corrected chi connectivity index (χ0v) is 13.5. The average molecular weight is 338 g/mol. The van der Waals surface area contributed by atoms with Crippen molar-refractivity contribution in [3.05, 3.63) is 65.6 Å². The zero-order chi connectivity index (χ0) is 18.0. The van der Waals surface area contributed by atoms with Crippen LogP contribution in [-0.2, 0) is 11.3 Å². The molecule has 6 heteroatoms. The number of fused-ring (bicyclic) bond motifs is 1. The Morgan fingerprint density at radius 1 is 1.20 bits per heavy atom. The predicted octanol–water partition coefficient (Wildman–Crippen LogP) is 3.43. The fourth-order valence-electron chi connectivity index (χ4n) is 2.69. The van der Waals surface area contributed by atoms with Crippen molar-refractivity contribution in [3.63, 3.8) is 0 Å². The van der Waals surface area contributed by atoms with Crippen molar-refractivity contribution in [2.75, 3.05) is 5.32 Å². The number of carbonyl (C=O) groups is 3. The van der Waals surface area contributed by atoms with Gasteiger partial charge >= 0.3 is 0 Å². The Balaban J connectivity index is 1.84. The SMILES string of the molecule is CC(=O)c1cccc(NC(=O)Cn2cc(C=O)c3cc(F)ccc32)c1. The lowest BCUT2D eigenvalue weighted by Crippen LogP contribution is -2.18. The largest absolute Gasteiger partial charge is 0.337 e. The van der Waals surface area contributed by atoms with E-state index in [1.807, 2.05) is 0 Å². The number of aldehydes is 1. The van der Waals surface area contributed by atoms with E-state index in [0.29, 0.717) is 34.0 Å². The Hall–Kier alpha value is -3.28. The van der Waals surface area contributed by atoms with Crippen LogP contribution in [0.2, 0.25) is 0 Å². The predicted molar refractivity (Wildman–Crippen MR) is 92.4 cm³/mol. The minimum absolute atomic E-state index is 0.0414. The van der Waals surface area contributed by atoms with Gasteiger partial charge in [-0.05, 0) is 37.3 Å². The molecular formula is C19H15FN2O3. The van der Waals surface area contributed by atoms with Gasteiger partial charge in [-0.15, -0.1) is 0 Å². The minimum atomic E-state index is -0.446. The maximum atomic E-state index is 13.4. The maximum Gasteiger partial charge on any atom is 0.244 e. The number of rotatable bonds is 5. The molecule has 0 radical (unpaired) electrons. The quantitative estimate of drug-likeness (QED) is 0.572. The molecule has 0 fully saturated rings. The normalized spacial score (nSPS) is 10.6. The summed E-state index contributed by atoms with van der Waals surface area (Å²) >= 11 is 0. The number of aromatic nitrogens is 1. The zero-order valence-electron chi connectivity index (χ0n) is 13.5. The number of nitrogens with one attached hydrogen (secondary N) is 1. The van der Waals surface area contributed by atoms with E-state index in [1.54, 1.807) is 28.8 Å². The highest BCUT2D eigenvalue weighted by Gasteiger charge is 2.12. The van der Waals surface area contributed by atoms with E-state index in [-0.39, 0.29) is 18.2 Å². The first-order chi connectivity index (χ1) is 12.0. The summed E-state index contributed by atoms with van der Waals surface area (Å²) in [6.45, 7) is 1.41. The van der Waals surface area contributed by atoms with Gasteiger partial charge in [0.05, 0.1) is 0 Å². The van der Waals surface area contributed by atoms with Gasteiger partial charge in [-0.25, -0.2) is 4.39 Å². The molecule has 25 heavy (non-hydrogen) atoms. The average Bonchev–Trinajstić information content (AvgIpc) is 2.91. The first kappa shape index (κ1) is 16.6. The molecule has 0 atom stereocenters. The monoisotopic (exact) mass is 338 g/mol. The van der Waals surface area contributed by atoms with Crippen molar-refractivity contribution in [2.24, 2.45) is 0 Å². The van der Waals surface area contributed by atoms with Crippen molar-refractivity contribution in [1.29, 1.82) is 0 Å². The van der Waals surface area contributed by atoms with Crippen LogP contribution in [0.4, 0.5) is 10.1 Å². The summed E-state index contributed by atoms with van der Waals surface area (Å²) < 4.78 is 15.0. The molecule has 2 aromatic carbocycles. The van der Waals surface area contributed by atoms with E-state index in [1.165, 1.54) is 31.3 Å². The van der Waals surface area contributed by atoms with Crippen molar-refractivity contribution >= 4 is 34.6 Å². The molecule has 3 aromatic rings. The lowest BCUT2D eigenvalue weighted by atomic mass is 10.1. The van der Waals surface area contributed by atoms with Crippen LogP contribution >= 0.6 is 0 Å². The molecule has 0 saturated heterocycles. The molecule has 1 aromatic heterocycles. The van der Waals surface area contributed by atoms with Crippen molar-refractivity contribution in [3.8, 4) is 0 Å². The molecule has 1 heterocycles. The number of carbonyl (C=O) groups excluding carboxylic acids is 3. The van der Waals surface area contributed by atoms with E-state index >= 15 is 0 Å². The Bertz CT molecular complexity index is 991. The number of anilines is 1. The smallest absolute Gasteiger partial charge is 0.244 e. The fourth-order valence-corrected chi connectivity index (χ4v) is 2.69. The van der Waals surface area contributed by atoms with Crippen LogP contribution < -0.4 is 5.32 Å². The van der Waals surface area contributed by atoms with Crippen LogP contribution in [0.1, 0.15) is 27.6 Å². The number of hydrogen-bond donors (Lipinski definition) is 1. The lowest BCUT2D eigenvalue weighted by Gasteiger charge is -2.08. The standard InChI is InChI=1S/C19H15FN2O3/c1-12(24)13-3-2-4-16(7-13)21-19(25)10-22-9-14(11-23)17-8-15(20)5-6-18(17)22/h2-9,11H,10H2,1H3,(H,21,25). The number of ketones is 1. The Morgan fingerprint density at radius 2 is 2.00 bits per heavy atom. The molecule has 1 N–H and O–H groups in total. The summed E-state index contributed by atoms with van der Waals surface area (Å²) in [6, 6.07) is 10.7. The summed E-state index contributed by atoms with van der Waals surface area (Å²) in [4.78, 5) is 34.9. The van der Waals surface area contributed by atoms with Gasteiger partial charge in [0.1, 0.15) is 12.4 Å². The van der Waals surface area contributed by atoms with E-state index in [9.17, 15) is 18.8 Å². The Kier molecular flexibility index (Phi) is 4.43. The molecule has 0 saturated carbocycles. The molecule has 0 spiro atoms. The first-order valence-electron chi connectivity index (χ1n) is 7.62. The molecule has 3 rings (SSSR count). The number of Topliss-reactive ketones (excluding diaryl/α,β-unsaturated/α-hetero) is 1. The van der Waals surface area contributed by atoms with Crippen LogP contribution in [0, 0.1) is 5.82 Å². The second-order valence-corrected chi connectivity index (χ2v) is 5.68. The van der Waals surface area contributed by atoms with Crippen molar-refractivity contribution in [1.82, 2.24) is 4.57 Å². The second kappa shape index (κ2) is 6.68. The third-order valence-electron chi connectivity index (χ3n) is 3.87. The van der Waals surface area contributed by atoms with Crippen LogP contribution in [0.15, 0.2) is 48.7 Å². The van der Waals surface area contributed by atoms with Crippen molar-refractivity contribution in [2.45, 2.75) is 13.5 Å². The highest BCUT2D eigenvalue weighted by Crippen LogP contribution is 2.21. The summed E-state index contributed by atoms with van der Waals surface area (Å²) in [5.41, 5.74) is 1.93. The first-order valence-corrected chi connectivity index (χ1v) is 7.62. The highest BCUT2D eigenvalue weighted by molar-refractivity contribution is 6.00. The number of hydrogen-bond acceptors (Lipinski definition) is 3. The topological polar surface area (TPSA) is 68.2 Å². The van der Waals surface area contributed by atoms with Gasteiger partial charge in [0.25, 0.3) is 0 Å². The molecular weight excluding hydrogens is 323 g/mol. The van der Waals surface area contributed by atoms with Crippen LogP contribution in [0.25, 0.3) is 10.9 Å². The molecule has 0 bridgehead atoms. The van der Waals surface area contributed by atoms with E-state index < -0.39 is 5.82 Å². The second-order valence-electron chi connectivity index (χ2n) is 5.68. The third-order valence-corrected chi connectivity index (χ3v) is 3.87. The third kappa shape index (κ3) is 3.47. The summed E-state index contributed by atoms with van der Waals surface area (Å²) in [7, 11) is 0. The fraction of sp³-hybridized carbons (Fsp3) is 0.105. The summed E-state index contributed by atoms with van der Waals surface area (Å²) in [5.74, 6) is -0.858. The van der Waals surface area contributed by atoms with Crippen LogP contribution in [-0.4, -0.2) is 22.5 Å². The number of halogens is 1. The minimum Gasteiger partial charge on any atom is -0.337 e. The molecule has 0 aliphatic rings. The maximum absolute atomic E-state index is 13.4. The van der Waals surface area contributed by atoms with Gasteiger partial charge < -0.3 is 9.88 Å². The van der Waals surface area contributed by atoms with Gasteiger partial charge in [-0.1, -0.05) is 12.1 Å². The number of benzene rings is 2. The van der Waals surface area contributed by atoms with Gasteiger partial charge in [0.15, 0.2) is 12.1 Å². The van der Waals surface area contributed by atoms with Gasteiger partial charge in [0, 0.05) is 33.9 Å². The summed E-state index contributed by atoms with van der Waals surface area (Å²) in [6.07, 6.45) is 2.15. The molecule has 0 aliphatic carbocycles. The lowest BCUT2D eigenvalue weighted by molar-refractivity contribution is -0.116. The molecule has 0 aliphatic heterocycles. The van der Waals surface area contributed by atoms with Gasteiger partial charge in [0.2, 0.25) is 5.91 Å². The van der Waals surface area contributed by atoms with Gasteiger partial charge in [-0.2, -0.15) is 0 Å². The highest BCUT2D eigenvalue weighted by atomic mass is 19.1. The number of nitrogens with zero attached hydrogens (tertiary/aromatic N) is 1.